The molecule has 0 aromatic heterocycles. The van der Waals surface area contributed by atoms with Crippen LogP contribution in [-0.4, -0.2) is 44.9 Å². The number of nitrogens with zero attached hydrogens (tertiary/aromatic N) is 1. The fraction of sp³-hybridized carbons (Fsp3) is 0.611. The maximum Gasteiger partial charge on any atom is 0.237 e. The van der Waals surface area contributed by atoms with Crippen LogP contribution < -0.4 is 5.32 Å². The Morgan fingerprint density at radius 3 is 2.52 bits per heavy atom. The van der Waals surface area contributed by atoms with Crippen LogP contribution in [0.2, 0.25) is 18.1 Å². The first-order valence-electron chi connectivity index (χ1n) is 8.39. The molecule has 23 heavy (non-hydrogen) atoms. The van der Waals surface area contributed by atoms with Crippen molar-refractivity contribution < 1.29 is 9.22 Å². The third-order valence-corrected chi connectivity index (χ3v) is 9.56. The van der Waals surface area contributed by atoms with Crippen molar-refractivity contribution in [2.75, 3.05) is 19.7 Å². The van der Waals surface area contributed by atoms with E-state index in [9.17, 15) is 4.79 Å². The molecule has 1 aromatic rings. The molecule has 1 aromatic carbocycles. The molecule has 1 N–H and O–H groups in total. The summed E-state index contributed by atoms with van der Waals surface area (Å²) in [5.41, 5.74) is 1.17. The average Bonchev–Trinajstić information content (AvgIpc) is 2.48. The van der Waals surface area contributed by atoms with E-state index >= 15 is 0 Å². The van der Waals surface area contributed by atoms with E-state index in [1.54, 1.807) is 0 Å². The molecule has 1 aliphatic heterocycles. The van der Waals surface area contributed by atoms with Crippen LogP contribution in [0.15, 0.2) is 30.3 Å². The highest BCUT2D eigenvalue weighted by atomic mass is 28.4. The summed E-state index contributed by atoms with van der Waals surface area (Å²) in [5.74, 6) is 0.156. The van der Waals surface area contributed by atoms with Gasteiger partial charge in [0.05, 0.1) is 19.2 Å². The van der Waals surface area contributed by atoms with E-state index in [2.05, 4.69) is 51.3 Å². The lowest BCUT2D eigenvalue weighted by Gasteiger charge is -2.41. The molecule has 4 nitrogen and oxygen atoms in total. The van der Waals surface area contributed by atoms with Crippen molar-refractivity contribution in [1.29, 1.82) is 0 Å². The summed E-state index contributed by atoms with van der Waals surface area (Å²) in [6.07, 6.45) is 0. The first-order chi connectivity index (χ1) is 10.7. The third kappa shape index (κ3) is 4.65. The SMILES string of the molecule is CC(C)(C)[Si](C)(C)OCC1CNCC(=O)N1Cc1ccccc1. The highest BCUT2D eigenvalue weighted by Gasteiger charge is 2.38. The highest BCUT2D eigenvalue weighted by molar-refractivity contribution is 6.74. The lowest BCUT2D eigenvalue weighted by molar-refractivity contribution is -0.136. The van der Waals surface area contributed by atoms with Crippen molar-refractivity contribution >= 4 is 14.2 Å². The standard InChI is InChI=1S/C18H30N2O2Si/c1-18(2,3)23(4,5)22-14-16-11-19-12-17(21)20(16)13-15-9-7-6-8-10-15/h6-10,16,19H,11-14H2,1-5H3. The zero-order valence-electron chi connectivity index (χ0n) is 15.1. The highest BCUT2D eigenvalue weighted by Crippen LogP contribution is 2.36. The van der Waals surface area contributed by atoms with Gasteiger partial charge in [0.25, 0.3) is 0 Å². The van der Waals surface area contributed by atoms with Crippen LogP contribution in [0.3, 0.4) is 0 Å². The molecule has 1 fully saturated rings. The summed E-state index contributed by atoms with van der Waals surface area (Å²) in [6.45, 7) is 13.7. The maximum atomic E-state index is 12.3. The molecule has 5 heteroatoms. The van der Waals surface area contributed by atoms with Gasteiger partial charge in [-0.1, -0.05) is 51.1 Å². The predicted molar refractivity (Wildman–Crippen MR) is 96.8 cm³/mol. The van der Waals surface area contributed by atoms with Gasteiger partial charge in [-0.3, -0.25) is 4.79 Å². The molecule has 0 spiro atoms. The first-order valence-corrected chi connectivity index (χ1v) is 11.3. The van der Waals surface area contributed by atoms with Crippen molar-refractivity contribution in [1.82, 2.24) is 10.2 Å². The van der Waals surface area contributed by atoms with Crippen LogP contribution in [-0.2, 0) is 15.8 Å². The molecule has 1 saturated heterocycles. The molecule has 128 valence electrons. The minimum absolute atomic E-state index is 0.102. The lowest BCUT2D eigenvalue weighted by atomic mass is 10.1. The van der Waals surface area contributed by atoms with Crippen LogP contribution in [0.1, 0.15) is 26.3 Å². The van der Waals surface area contributed by atoms with E-state index in [4.69, 9.17) is 4.43 Å². The number of nitrogens with one attached hydrogen (secondary N) is 1. The Hall–Kier alpha value is -1.17. The lowest BCUT2D eigenvalue weighted by Crippen LogP contribution is -2.57. The molecular weight excluding hydrogens is 304 g/mol. The number of hydrogen-bond donors (Lipinski definition) is 1. The number of benzene rings is 1. The minimum atomic E-state index is -1.80. The second-order valence-electron chi connectivity index (χ2n) is 7.86. The van der Waals surface area contributed by atoms with Crippen LogP contribution in [0.5, 0.6) is 0 Å². The van der Waals surface area contributed by atoms with Crippen molar-refractivity contribution in [3.05, 3.63) is 35.9 Å². The van der Waals surface area contributed by atoms with E-state index in [0.29, 0.717) is 19.7 Å². The molecule has 0 bridgehead atoms. The summed E-state index contributed by atoms with van der Waals surface area (Å²) in [7, 11) is -1.80. The van der Waals surface area contributed by atoms with Gasteiger partial charge in [-0.05, 0) is 23.7 Å². The number of rotatable bonds is 5. The topological polar surface area (TPSA) is 41.6 Å². The Balaban J connectivity index is 2.04. The van der Waals surface area contributed by atoms with E-state index in [1.807, 2.05) is 23.1 Å². The van der Waals surface area contributed by atoms with Gasteiger partial charge in [0.15, 0.2) is 8.32 Å². The summed E-state index contributed by atoms with van der Waals surface area (Å²) in [5, 5.41) is 3.40. The summed E-state index contributed by atoms with van der Waals surface area (Å²) < 4.78 is 6.35. The fourth-order valence-corrected chi connectivity index (χ4v) is 3.47. The largest absolute Gasteiger partial charge is 0.415 e. The normalized spacial score (nSPS) is 20.0. The Morgan fingerprint density at radius 2 is 1.91 bits per heavy atom. The second-order valence-corrected chi connectivity index (χ2v) is 12.7. The van der Waals surface area contributed by atoms with E-state index in [1.165, 1.54) is 5.56 Å². The van der Waals surface area contributed by atoms with Gasteiger partial charge >= 0.3 is 0 Å². The van der Waals surface area contributed by atoms with E-state index < -0.39 is 8.32 Å². The van der Waals surface area contributed by atoms with Crippen LogP contribution in [0.4, 0.5) is 0 Å². The molecule has 1 aliphatic rings. The molecule has 1 heterocycles. The van der Waals surface area contributed by atoms with Crippen molar-refractivity contribution in [2.24, 2.45) is 0 Å². The number of hydrogen-bond acceptors (Lipinski definition) is 3. The molecule has 1 unspecified atom stereocenters. The van der Waals surface area contributed by atoms with Gasteiger partial charge in [0.1, 0.15) is 0 Å². The van der Waals surface area contributed by atoms with Crippen LogP contribution in [0.25, 0.3) is 0 Å². The first kappa shape index (κ1) is 18.2. The second kappa shape index (κ2) is 7.15. The van der Waals surface area contributed by atoms with Gasteiger partial charge < -0.3 is 14.6 Å². The molecule has 0 radical (unpaired) electrons. The predicted octanol–water partition coefficient (Wildman–Crippen LogP) is 3.01. The molecule has 1 amide bonds. The Bertz CT molecular complexity index is 526. The number of amides is 1. The Morgan fingerprint density at radius 1 is 1.26 bits per heavy atom. The third-order valence-electron chi connectivity index (χ3n) is 5.06. The number of carbonyl (C=O) groups is 1. The smallest absolute Gasteiger partial charge is 0.237 e. The summed E-state index contributed by atoms with van der Waals surface area (Å²) >= 11 is 0. The van der Waals surface area contributed by atoms with Crippen molar-refractivity contribution in [3.8, 4) is 0 Å². The summed E-state index contributed by atoms with van der Waals surface area (Å²) in [6, 6.07) is 10.3. The van der Waals surface area contributed by atoms with Gasteiger partial charge in [-0.2, -0.15) is 0 Å². The Labute approximate surface area is 141 Å². The zero-order chi connectivity index (χ0) is 17.1. The molecular formula is C18H30N2O2Si. The maximum absolute atomic E-state index is 12.3. The van der Waals surface area contributed by atoms with Gasteiger partial charge in [0.2, 0.25) is 5.91 Å². The monoisotopic (exact) mass is 334 g/mol. The Kier molecular flexibility index (Phi) is 5.65. The molecule has 0 saturated carbocycles. The number of piperazine rings is 1. The molecule has 1 atom stereocenters. The zero-order valence-corrected chi connectivity index (χ0v) is 16.1. The quantitative estimate of drug-likeness (QED) is 0.842. The summed E-state index contributed by atoms with van der Waals surface area (Å²) in [4.78, 5) is 14.3. The van der Waals surface area contributed by atoms with Gasteiger partial charge in [-0.15, -0.1) is 0 Å². The van der Waals surface area contributed by atoms with Gasteiger partial charge in [-0.25, -0.2) is 0 Å². The van der Waals surface area contributed by atoms with E-state index in [-0.39, 0.29) is 17.0 Å². The molecule has 2 rings (SSSR count). The van der Waals surface area contributed by atoms with Crippen LogP contribution >= 0.6 is 0 Å². The van der Waals surface area contributed by atoms with E-state index in [0.717, 1.165) is 6.54 Å². The van der Waals surface area contributed by atoms with Crippen LogP contribution in [0, 0.1) is 0 Å². The van der Waals surface area contributed by atoms with Gasteiger partial charge in [0, 0.05) is 13.1 Å². The van der Waals surface area contributed by atoms with Crippen molar-refractivity contribution in [3.63, 3.8) is 0 Å². The average molecular weight is 335 g/mol. The van der Waals surface area contributed by atoms with Crippen molar-refractivity contribution in [2.45, 2.75) is 51.5 Å². The number of carbonyl (C=O) groups excluding carboxylic acids is 1. The molecule has 0 aliphatic carbocycles. The minimum Gasteiger partial charge on any atom is -0.415 e. The fourth-order valence-electron chi connectivity index (χ4n) is 2.43.